The summed E-state index contributed by atoms with van der Waals surface area (Å²) in [7, 11) is 4.69. The van der Waals surface area contributed by atoms with Gasteiger partial charge in [0, 0.05) is 27.2 Å². The summed E-state index contributed by atoms with van der Waals surface area (Å²) < 4.78 is 0. The van der Waals surface area contributed by atoms with Crippen LogP contribution >= 0.6 is 0 Å². The highest BCUT2D eigenvalue weighted by atomic mass is 16.6. The molecule has 0 bridgehead atoms. The van der Waals surface area contributed by atoms with E-state index in [2.05, 4.69) is 10.3 Å². The normalized spacial score (nSPS) is 9.69. The monoisotopic (exact) mass is 224 g/mol. The van der Waals surface area contributed by atoms with E-state index < -0.39 is 10.8 Å². The van der Waals surface area contributed by atoms with Crippen LogP contribution in [-0.2, 0) is 0 Å². The van der Waals surface area contributed by atoms with E-state index in [0.29, 0.717) is 5.82 Å². The Morgan fingerprint density at radius 1 is 1.56 bits per heavy atom. The molecule has 0 aliphatic rings. The van der Waals surface area contributed by atoms with Gasteiger partial charge in [-0.25, -0.2) is 4.98 Å². The van der Waals surface area contributed by atoms with Gasteiger partial charge < -0.3 is 10.2 Å². The molecule has 7 nitrogen and oxygen atoms in total. The summed E-state index contributed by atoms with van der Waals surface area (Å²) in [5.74, 6) is -0.0126. The maximum Gasteiger partial charge on any atom is 0.300 e. The first kappa shape index (κ1) is 11.9. The molecule has 16 heavy (non-hydrogen) atoms. The van der Waals surface area contributed by atoms with Crippen LogP contribution in [0.2, 0.25) is 0 Å². The van der Waals surface area contributed by atoms with Crippen molar-refractivity contribution in [3.8, 4) is 0 Å². The van der Waals surface area contributed by atoms with Gasteiger partial charge in [-0.05, 0) is 0 Å². The van der Waals surface area contributed by atoms with Crippen LogP contribution in [0.3, 0.4) is 0 Å². The number of rotatable bonds is 3. The standard InChI is InChI=1S/C9H12N4O3/c1-10-8-4-6(9(14)12(2)3)7(5-11-8)13(15)16/h4-5H,1-3H3,(H,10,11). The Morgan fingerprint density at radius 3 is 2.62 bits per heavy atom. The van der Waals surface area contributed by atoms with Crippen LogP contribution in [0.1, 0.15) is 10.4 Å². The van der Waals surface area contributed by atoms with Gasteiger partial charge >= 0.3 is 0 Å². The number of nitrogens with zero attached hydrogens (tertiary/aromatic N) is 3. The van der Waals surface area contributed by atoms with Gasteiger partial charge in [-0.1, -0.05) is 0 Å². The van der Waals surface area contributed by atoms with E-state index in [1.807, 2.05) is 0 Å². The van der Waals surface area contributed by atoms with Gasteiger partial charge in [0.05, 0.1) is 4.92 Å². The predicted molar refractivity (Wildman–Crippen MR) is 58.5 cm³/mol. The molecule has 0 saturated heterocycles. The maximum atomic E-state index is 11.7. The van der Waals surface area contributed by atoms with Gasteiger partial charge in [-0.2, -0.15) is 0 Å². The number of pyridine rings is 1. The summed E-state index contributed by atoms with van der Waals surface area (Å²) in [5, 5.41) is 13.4. The van der Waals surface area contributed by atoms with Gasteiger partial charge in [0.2, 0.25) is 0 Å². The molecule has 0 radical (unpaired) electrons. The molecular formula is C9H12N4O3. The highest BCUT2D eigenvalue weighted by molar-refractivity contribution is 5.98. The second-order valence-electron chi connectivity index (χ2n) is 3.29. The van der Waals surface area contributed by atoms with Crippen molar-refractivity contribution in [1.29, 1.82) is 0 Å². The molecule has 1 N–H and O–H groups in total. The molecule has 0 aliphatic carbocycles. The van der Waals surface area contributed by atoms with Crippen molar-refractivity contribution in [3.63, 3.8) is 0 Å². The minimum atomic E-state index is -0.622. The zero-order valence-electron chi connectivity index (χ0n) is 9.22. The minimum Gasteiger partial charge on any atom is -0.373 e. The number of hydrogen-bond donors (Lipinski definition) is 1. The van der Waals surface area contributed by atoms with Crippen LogP contribution in [0.4, 0.5) is 11.5 Å². The molecule has 0 aliphatic heterocycles. The molecule has 1 aromatic heterocycles. The van der Waals surface area contributed by atoms with Crippen LogP contribution in [0.5, 0.6) is 0 Å². The molecule has 0 spiro atoms. The minimum absolute atomic E-state index is 0.0225. The molecule has 7 heteroatoms. The fourth-order valence-corrected chi connectivity index (χ4v) is 1.14. The molecular weight excluding hydrogens is 212 g/mol. The van der Waals surface area contributed by atoms with E-state index >= 15 is 0 Å². The van der Waals surface area contributed by atoms with Gasteiger partial charge in [0.15, 0.2) is 0 Å². The SMILES string of the molecule is CNc1cc(C(=O)N(C)C)c([N+](=O)[O-])cn1. The first-order valence-electron chi connectivity index (χ1n) is 4.51. The molecule has 0 saturated carbocycles. The second kappa shape index (κ2) is 4.56. The summed E-state index contributed by atoms with van der Waals surface area (Å²) in [5.41, 5.74) is -0.271. The Bertz CT molecular complexity index is 431. The van der Waals surface area contributed by atoms with E-state index in [-0.39, 0.29) is 11.3 Å². The van der Waals surface area contributed by atoms with Crippen molar-refractivity contribution in [2.75, 3.05) is 26.5 Å². The zero-order chi connectivity index (χ0) is 12.3. The summed E-state index contributed by atoms with van der Waals surface area (Å²) in [6.45, 7) is 0. The van der Waals surface area contributed by atoms with Gasteiger partial charge in [-0.15, -0.1) is 0 Å². The van der Waals surface area contributed by atoms with Crippen molar-refractivity contribution in [3.05, 3.63) is 27.9 Å². The number of nitro groups is 1. The number of aromatic nitrogens is 1. The first-order chi connectivity index (χ1) is 7.47. The van der Waals surface area contributed by atoms with E-state index in [1.165, 1.54) is 25.1 Å². The van der Waals surface area contributed by atoms with Gasteiger partial charge in [-0.3, -0.25) is 14.9 Å². The molecule has 0 unspecified atom stereocenters. The topological polar surface area (TPSA) is 88.4 Å². The number of nitrogens with one attached hydrogen (secondary N) is 1. The Morgan fingerprint density at radius 2 is 2.19 bits per heavy atom. The quantitative estimate of drug-likeness (QED) is 0.604. The molecule has 0 aromatic carbocycles. The first-order valence-corrected chi connectivity index (χ1v) is 4.51. The third-order valence-corrected chi connectivity index (χ3v) is 1.97. The van der Waals surface area contributed by atoms with Gasteiger partial charge in [0.25, 0.3) is 11.6 Å². The van der Waals surface area contributed by atoms with Crippen molar-refractivity contribution < 1.29 is 9.72 Å². The lowest BCUT2D eigenvalue weighted by Gasteiger charge is -2.10. The third-order valence-electron chi connectivity index (χ3n) is 1.97. The maximum absolute atomic E-state index is 11.7. The number of carbonyl (C=O) groups is 1. The van der Waals surface area contributed by atoms with Crippen LogP contribution in [0, 0.1) is 10.1 Å². The molecule has 86 valence electrons. The van der Waals surface area contributed by atoms with E-state index in [4.69, 9.17) is 0 Å². The highest BCUT2D eigenvalue weighted by Crippen LogP contribution is 2.21. The smallest absolute Gasteiger partial charge is 0.300 e. The lowest BCUT2D eigenvalue weighted by atomic mass is 10.2. The number of hydrogen-bond acceptors (Lipinski definition) is 5. The van der Waals surface area contributed by atoms with E-state index in [1.54, 1.807) is 7.05 Å². The summed E-state index contributed by atoms with van der Waals surface area (Å²) in [4.78, 5) is 26.9. The van der Waals surface area contributed by atoms with E-state index in [9.17, 15) is 14.9 Å². The van der Waals surface area contributed by atoms with Crippen molar-refractivity contribution in [2.45, 2.75) is 0 Å². The lowest BCUT2D eigenvalue weighted by Crippen LogP contribution is -2.23. The third kappa shape index (κ3) is 2.25. The Labute approximate surface area is 92.2 Å². The zero-order valence-corrected chi connectivity index (χ0v) is 9.22. The molecule has 1 aromatic rings. The Kier molecular flexibility index (Phi) is 3.39. The Balaban J connectivity index is 3.31. The highest BCUT2D eigenvalue weighted by Gasteiger charge is 2.22. The summed E-state index contributed by atoms with van der Waals surface area (Å²) in [6, 6.07) is 1.36. The average molecular weight is 224 g/mol. The summed E-state index contributed by atoms with van der Waals surface area (Å²) >= 11 is 0. The number of anilines is 1. The van der Waals surface area contributed by atoms with E-state index in [0.717, 1.165) is 6.20 Å². The fraction of sp³-hybridized carbons (Fsp3) is 0.333. The predicted octanol–water partition coefficient (Wildman–Crippen LogP) is 0.733. The second-order valence-corrected chi connectivity index (χ2v) is 3.29. The molecule has 1 amide bonds. The molecule has 1 heterocycles. The van der Waals surface area contributed by atoms with Crippen molar-refractivity contribution in [2.24, 2.45) is 0 Å². The van der Waals surface area contributed by atoms with Crippen LogP contribution < -0.4 is 5.32 Å². The lowest BCUT2D eigenvalue weighted by molar-refractivity contribution is -0.385. The summed E-state index contributed by atoms with van der Waals surface area (Å²) in [6.07, 6.45) is 1.07. The average Bonchev–Trinajstić information content (AvgIpc) is 2.26. The Hall–Kier alpha value is -2.18. The van der Waals surface area contributed by atoms with Gasteiger partial charge in [0.1, 0.15) is 17.6 Å². The van der Waals surface area contributed by atoms with Crippen molar-refractivity contribution >= 4 is 17.4 Å². The van der Waals surface area contributed by atoms with Crippen molar-refractivity contribution in [1.82, 2.24) is 9.88 Å². The fourth-order valence-electron chi connectivity index (χ4n) is 1.14. The molecule has 0 fully saturated rings. The molecule has 1 rings (SSSR count). The van der Waals surface area contributed by atoms with Crippen LogP contribution in [0.15, 0.2) is 12.3 Å². The van der Waals surface area contributed by atoms with Crippen LogP contribution in [0.25, 0.3) is 0 Å². The van der Waals surface area contributed by atoms with Crippen LogP contribution in [-0.4, -0.2) is 41.9 Å². The molecule has 0 atom stereocenters. The largest absolute Gasteiger partial charge is 0.373 e. The number of amides is 1. The number of carbonyl (C=O) groups excluding carboxylic acids is 1.